The summed E-state index contributed by atoms with van der Waals surface area (Å²) >= 11 is 3.41. The average Bonchev–Trinajstić information content (AvgIpc) is 2.18. The van der Waals surface area contributed by atoms with E-state index < -0.39 is 5.60 Å². The van der Waals surface area contributed by atoms with Gasteiger partial charge in [-0.25, -0.2) is 0 Å². The van der Waals surface area contributed by atoms with E-state index >= 15 is 0 Å². The van der Waals surface area contributed by atoms with Crippen LogP contribution in [0, 0.1) is 0 Å². The SMILES string of the molecule is C[C@H](N)c1cc(Br)ccc1OCCC(C)(C)O. The fourth-order valence-corrected chi connectivity index (χ4v) is 1.80. The van der Waals surface area contributed by atoms with Crippen LogP contribution in [0.2, 0.25) is 0 Å². The van der Waals surface area contributed by atoms with Gasteiger partial charge in [0.25, 0.3) is 0 Å². The number of hydrogen-bond donors (Lipinski definition) is 2. The van der Waals surface area contributed by atoms with Gasteiger partial charge < -0.3 is 15.6 Å². The van der Waals surface area contributed by atoms with Gasteiger partial charge in [-0.05, 0) is 39.0 Å². The summed E-state index contributed by atoms with van der Waals surface area (Å²) in [5, 5.41) is 9.61. The first-order valence-electron chi connectivity index (χ1n) is 5.70. The molecular weight excluding hydrogens is 282 g/mol. The standard InChI is InChI=1S/C13H20BrNO2/c1-9(15)11-8-10(14)4-5-12(11)17-7-6-13(2,3)16/h4-5,8-9,16H,6-7,15H2,1-3H3/t9-/m0/s1. The molecule has 96 valence electrons. The number of halogens is 1. The highest BCUT2D eigenvalue weighted by Crippen LogP contribution is 2.27. The average molecular weight is 302 g/mol. The first-order valence-corrected chi connectivity index (χ1v) is 6.49. The van der Waals surface area contributed by atoms with E-state index in [0.29, 0.717) is 13.0 Å². The minimum absolute atomic E-state index is 0.0790. The molecule has 0 saturated heterocycles. The molecule has 0 aliphatic heterocycles. The topological polar surface area (TPSA) is 55.5 Å². The van der Waals surface area contributed by atoms with Crippen molar-refractivity contribution in [2.24, 2.45) is 5.73 Å². The molecule has 0 heterocycles. The highest BCUT2D eigenvalue weighted by Gasteiger charge is 2.14. The lowest BCUT2D eigenvalue weighted by atomic mass is 10.1. The molecule has 0 saturated carbocycles. The fourth-order valence-electron chi connectivity index (χ4n) is 1.42. The molecule has 0 unspecified atom stereocenters. The third kappa shape index (κ3) is 5.06. The van der Waals surface area contributed by atoms with Crippen molar-refractivity contribution in [2.75, 3.05) is 6.61 Å². The van der Waals surface area contributed by atoms with Gasteiger partial charge >= 0.3 is 0 Å². The zero-order valence-corrected chi connectivity index (χ0v) is 12.1. The number of hydrogen-bond acceptors (Lipinski definition) is 3. The molecule has 3 nitrogen and oxygen atoms in total. The van der Waals surface area contributed by atoms with Crippen molar-refractivity contribution in [3.05, 3.63) is 28.2 Å². The van der Waals surface area contributed by atoms with Gasteiger partial charge in [0.05, 0.1) is 12.2 Å². The molecule has 17 heavy (non-hydrogen) atoms. The molecule has 1 rings (SSSR count). The summed E-state index contributed by atoms with van der Waals surface area (Å²) in [6.07, 6.45) is 0.585. The number of ether oxygens (including phenoxy) is 1. The van der Waals surface area contributed by atoms with Gasteiger partial charge in [0, 0.05) is 22.5 Å². The van der Waals surface area contributed by atoms with Crippen LogP contribution in [0.4, 0.5) is 0 Å². The Kier molecular flexibility index (Phi) is 4.98. The number of benzene rings is 1. The van der Waals surface area contributed by atoms with Crippen LogP contribution in [0.3, 0.4) is 0 Å². The lowest BCUT2D eigenvalue weighted by molar-refractivity contribution is 0.0551. The van der Waals surface area contributed by atoms with Gasteiger partial charge in [-0.2, -0.15) is 0 Å². The summed E-state index contributed by atoms with van der Waals surface area (Å²) in [5.74, 6) is 0.785. The normalized spacial score (nSPS) is 13.5. The Hall–Kier alpha value is -0.580. The molecule has 1 aromatic rings. The predicted molar refractivity (Wildman–Crippen MR) is 73.2 cm³/mol. The molecule has 0 aliphatic rings. The van der Waals surface area contributed by atoms with Gasteiger partial charge in [0.2, 0.25) is 0 Å². The van der Waals surface area contributed by atoms with E-state index in [1.807, 2.05) is 25.1 Å². The maximum Gasteiger partial charge on any atom is 0.124 e. The van der Waals surface area contributed by atoms with Crippen LogP contribution in [0.15, 0.2) is 22.7 Å². The third-order valence-corrected chi connectivity index (χ3v) is 2.93. The second-order valence-electron chi connectivity index (χ2n) is 4.88. The quantitative estimate of drug-likeness (QED) is 0.879. The third-order valence-electron chi connectivity index (χ3n) is 2.43. The zero-order chi connectivity index (χ0) is 13.1. The largest absolute Gasteiger partial charge is 0.493 e. The minimum Gasteiger partial charge on any atom is -0.493 e. The Labute approximate surface area is 111 Å². The Bertz CT molecular complexity index is 372. The summed E-state index contributed by atoms with van der Waals surface area (Å²) in [7, 11) is 0. The van der Waals surface area contributed by atoms with E-state index in [0.717, 1.165) is 15.8 Å². The zero-order valence-electron chi connectivity index (χ0n) is 10.5. The van der Waals surface area contributed by atoms with E-state index in [-0.39, 0.29) is 6.04 Å². The van der Waals surface area contributed by atoms with Crippen LogP contribution >= 0.6 is 15.9 Å². The lowest BCUT2D eigenvalue weighted by Crippen LogP contribution is -2.22. The fraction of sp³-hybridized carbons (Fsp3) is 0.538. The van der Waals surface area contributed by atoms with Gasteiger partial charge in [0.1, 0.15) is 5.75 Å². The summed E-state index contributed by atoms with van der Waals surface area (Å²) in [6.45, 7) is 5.93. The van der Waals surface area contributed by atoms with E-state index in [4.69, 9.17) is 10.5 Å². The number of rotatable bonds is 5. The van der Waals surface area contributed by atoms with Crippen LogP contribution < -0.4 is 10.5 Å². The van der Waals surface area contributed by atoms with E-state index in [1.165, 1.54) is 0 Å². The second kappa shape index (κ2) is 5.85. The molecule has 0 bridgehead atoms. The molecule has 1 atom stereocenters. The molecule has 0 radical (unpaired) electrons. The van der Waals surface area contributed by atoms with Gasteiger partial charge in [-0.1, -0.05) is 15.9 Å². The highest BCUT2D eigenvalue weighted by atomic mass is 79.9. The first-order chi connectivity index (χ1) is 7.79. The molecule has 0 amide bonds. The second-order valence-corrected chi connectivity index (χ2v) is 5.80. The molecule has 4 heteroatoms. The summed E-state index contributed by atoms with van der Waals surface area (Å²) in [4.78, 5) is 0. The summed E-state index contributed by atoms with van der Waals surface area (Å²) in [6, 6.07) is 5.70. The van der Waals surface area contributed by atoms with E-state index in [1.54, 1.807) is 13.8 Å². The van der Waals surface area contributed by atoms with Crippen LogP contribution in [-0.2, 0) is 0 Å². The molecular formula is C13H20BrNO2. The maximum atomic E-state index is 9.61. The maximum absolute atomic E-state index is 9.61. The Balaban J connectivity index is 2.70. The van der Waals surface area contributed by atoms with E-state index in [9.17, 15) is 5.11 Å². The van der Waals surface area contributed by atoms with Gasteiger partial charge in [-0.15, -0.1) is 0 Å². The van der Waals surface area contributed by atoms with Crippen molar-refractivity contribution in [1.82, 2.24) is 0 Å². The van der Waals surface area contributed by atoms with Crippen molar-refractivity contribution in [3.8, 4) is 5.75 Å². The Morgan fingerprint density at radius 3 is 2.65 bits per heavy atom. The monoisotopic (exact) mass is 301 g/mol. The Morgan fingerprint density at radius 2 is 2.12 bits per heavy atom. The van der Waals surface area contributed by atoms with Crippen LogP contribution in [0.5, 0.6) is 5.75 Å². The van der Waals surface area contributed by atoms with Crippen molar-refractivity contribution in [3.63, 3.8) is 0 Å². The number of aliphatic hydroxyl groups is 1. The van der Waals surface area contributed by atoms with Crippen LogP contribution in [0.25, 0.3) is 0 Å². The van der Waals surface area contributed by atoms with Gasteiger partial charge in [-0.3, -0.25) is 0 Å². The lowest BCUT2D eigenvalue weighted by Gasteiger charge is -2.19. The van der Waals surface area contributed by atoms with Gasteiger partial charge in [0.15, 0.2) is 0 Å². The van der Waals surface area contributed by atoms with Crippen molar-refractivity contribution in [2.45, 2.75) is 38.8 Å². The highest BCUT2D eigenvalue weighted by molar-refractivity contribution is 9.10. The molecule has 3 N–H and O–H groups in total. The van der Waals surface area contributed by atoms with Crippen LogP contribution in [-0.4, -0.2) is 17.3 Å². The molecule has 0 spiro atoms. The van der Waals surface area contributed by atoms with E-state index in [2.05, 4.69) is 15.9 Å². The minimum atomic E-state index is -0.705. The summed E-state index contributed by atoms with van der Waals surface area (Å²) in [5.41, 5.74) is 6.15. The Morgan fingerprint density at radius 1 is 1.47 bits per heavy atom. The smallest absolute Gasteiger partial charge is 0.124 e. The molecule has 0 aromatic heterocycles. The predicted octanol–water partition coefficient (Wildman–Crippen LogP) is 3.01. The molecule has 0 aliphatic carbocycles. The molecule has 0 fully saturated rings. The summed E-state index contributed by atoms with van der Waals surface area (Å²) < 4.78 is 6.65. The number of nitrogens with two attached hydrogens (primary N) is 1. The van der Waals surface area contributed by atoms with Crippen molar-refractivity contribution in [1.29, 1.82) is 0 Å². The van der Waals surface area contributed by atoms with Crippen LogP contribution in [0.1, 0.15) is 38.8 Å². The van der Waals surface area contributed by atoms with Crippen molar-refractivity contribution >= 4 is 15.9 Å². The molecule has 1 aromatic carbocycles. The van der Waals surface area contributed by atoms with Crippen molar-refractivity contribution < 1.29 is 9.84 Å². The first kappa shape index (κ1) is 14.5.